The van der Waals surface area contributed by atoms with Crippen LogP contribution in [0.5, 0.6) is 5.75 Å². The van der Waals surface area contributed by atoms with Crippen LogP contribution in [-0.4, -0.2) is 50.6 Å². The average Bonchev–Trinajstić information content (AvgIpc) is 2.40. The average molecular weight is 303 g/mol. The summed E-state index contributed by atoms with van der Waals surface area (Å²) in [5.74, 6) is 0.558. The minimum atomic E-state index is 0.170. The standard InChI is InChI=1S/C13H14Cl2NO3/c14-12-7-10(8-13(15)11(12)9-17)19-6-3-16-1-4-18-5-2-16/h7-8H,1-6H2. The number of ether oxygens (including phenoxy) is 2. The van der Waals surface area contributed by atoms with E-state index < -0.39 is 0 Å². The Kier molecular flexibility index (Phi) is 5.45. The van der Waals surface area contributed by atoms with Crippen molar-refractivity contribution in [2.75, 3.05) is 39.5 Å². The molecule has 0 N–H and O–H groups in total. The van der Waals surface area contributed by atoms with Crippen molar-refractivity contribution in [2.45, 2.75) is 0 Å². The summed E-state index contributed by atoms with van der Waals surface area (Å²) >= 11 is 11.8. The van der Waals surface area contributed by atoms with Crippen LogP contribution in [0.4, 0.5) is 0 Å². The highest BCUT2D eigenvalue weighted by molar-refractivity contribution is 6.38. The number of benzene rings is 1. The van der Waals surface area contributed by atoms with Gasteiger partial charge in [-0.05, 0) is 12.1 Å². The Hall–Kier alpha value is -0.810. The second-order valence-electron chi connectivity index (χ2n) is 4.17. The van der Waals surface area contributed by atoms with Crippen molar-refractivity contribution in [3.63, 3.8) is 0 Å². The summed E-state index contributed by atoms with van der Waals surface area (Å²) in [7, 11) is 0. The molecule has 0 aliphatic carbocycles. The highest BCUT2D eigenvalue weighted by atomic mass is 35.5. The van der Waals surface area contributed by atoms with Gasteiger partial charge in [0.1, 0.15) is 12.4 Å². The van der Waals surface area contributed by atoms with E-state index in [-0.39, 0.29) is 15.6 Å². The third kappa shape index (κ3) is 4.08. The van der Waals surface area contributed by atoms with E-state index in [0.29, 0.717) is 12.4 Å². The molecular weight excluding hydrogens is 289 g/mol. The van der Waals surface area contributed by atoms with Crippen molar-refractivity contribution in [1.82, 2.24) is 4.90 Å². The smallest absolute Gasteiger partial charge is 0.236 e. The Morgan fingerprint density at radius 2 is 1.89 bits per heavy atom. The SMILES string of the molecule is O=[C]c1c(Cl)cc(OCCN2CCOCC2)cc1Cl. The van der Waals surface area contributed by atoms with Crippen LogP contribution in [0.15, 0.2) is 12.1 Å². The van der Waals surface area contributed by atoms with Crippen molar-refractivity contribution >= 4 is 29.5 Å². The number of hydrogen-bond donors (Lipinski definition) is 0. The van der Waals surface area contributed by atoms with E-state index in [2.05, 4.69) is 4.90 Å². The maximum Gasteiger partial charge on any atom is 0.236 e. The molecule has 0 saturated carbocycles. The van der Waals surface area contributed by atoms with Gasteiger partial charge in [0.15, 0.2) is 0 Å². The largest absolute Gasteiger partial charge is 0.492 e. The zero-order chi connectivity index (χ0) is 13.7. The van der Waals surface area contributed by atoms with Crippen LogP contribution in [0.1, 0.15) is 5.56 Å². The molecule has 103 valence electrons. The van der Waals surface area contributed by atoms with Crippen molar-refractivity contribution in [2.24, 2.45) is 0 Å². The Bertz CT molecular complexity index is 425. The minimum Gasteiger partial charge on any atom is -0.492 e. The molecule has 1 aromatic carbocycles. The maximum atomic E-state index is 10.6. The minimum absolute atomic E-state index is 0.170. The lowest BCUT2D eigenvalue weighted by Gasteiger charge is -2.26. The van der Waals surface area contributed by atoms with E-state index in [1.807, 2.05) is 0 Å². The van der Waals surface area contributed by atoms with Gasteiger partial charge in [-0.25, -0.2) is 0 Å². The molecule has 1 fully saturated rings. The summed E-state index contributed by atoms with van der Waals surface area (Å²) in [4.78, 5) is 12.9. The van der Waals surface area contributed by atoms with E-state index in [4.69, 9.17) is 32.7 Å². The third-order valence-electron chi connectivity index (χ3n) is 2.90. The highest BCUT2D eigenvalue weighted by Crippen LogP contribution is 2.28. The van der Waals surface area contributed by atoms with Crippen LogP contribution in [-0.2, 0) is 9.53 Å². The number of rotatable bonds is 5. The molecule has 19 heavy (non-hydrogen) atoms. The topological polar surface area (TPSA) is 38.8 Å². The number of halogens is 2. The van der Waals surface area contributed by atoms with Crippen LogP contribution in [0, 0.1) is 0 Å². The molecule has 4 nitrogen and oxygen atoms in total. The normalized spacial score (nSPS) is 16.3. The molecule has 0 aromatic heterocycles. The highest BCUT2D eigenvalue weighted by Gasteiger charge is 2.11. The Morgan fingerprint density at radius 3 is 2.47 bits per heavy atom. The number of hydrogen-bond acceptors (Lipinski definition) is 4. The zero-order valence-electron chi connectivity index (χ0n) is 10.3. The van der Waals surface area contributed by atoms with E-state index in [1.54, 1.807) is 18.4 Å². The van der Waals surface area contributed by atoms with Gasteiger partial charge in [-0.1, -0.05) is 23.2 Å². The molecule has 1 heterocycles. The molecule has 1 aliphatic heterocycles. The van der Waals surface area contributed by atoms with Gasteiger partial charge in [-0.2, -0.15) is 0 Å². The summed E-state index contributed by atoms with van der Waals surface area (Å²) in [6.45, 7) is 4.73. The molecule has 1 aromatic rings. The molecule has 0 atom stereocenters. The van der Waals surface area contributed by atoms with Crippen LogP contribution in [0.2, 0.25) is 10.0 Å². The summed E-state index contributed by atoms with van der Waals surface area (Å²) < 4.78 is 10.9. The monoisotopic (exact) mass is 302 g/mol. The molecular formula is C13H14Cl2NO3. The predicted octanol–water partition coefficient (Wildman–Crippen LogP) is 2.16. The van der Waals surface area contributed by atoms with Crippen molar-refractivity contribution < 1.29 is 14.3 Å². The van der Waals surface area contributed by atoms with Gasteiger partial charge in [-0.3, -0.25) is 9.69 Å². The first-order valence-electron chi connectivity index (χ1n) is 6.01. The number of carbonyl (C=O) groups excluding carboxylic acids is 1. The Balaban J connectivity index is 1.87. The molecule has 0 unspecified atom stereocenters. The van der Waals surface area contributed by atoms with E-state index in [9.17, 15) is 4.79 Å². The molecule has 1 radical (unpaired) electrons. The van der Waals surface area contributed by atoms with Crippen LogP contribution in [0.3, 0.4) is 0 Å². The lowest BCUT2D eigenvalue weighted by atomic mass is 10.2. The first-order valence-corrected chi connectivity index (χ1v) is 6.76. The van der Waals surface area contributed by atoms with Crippen molar-refractivity contribution in [3.8, 4) is 5.75 Å². The molecule has 6 heteroatoms. The lowest BCUT2D eigenvalue weighted by Crippen LogP contribution is -2.38. The molecule has 1 saturated heterocycles. The first-order chi connectivity index (χ1) is 9.20. The van der Waals surface area contributed by atoms with Crippen molar-refractivity contribution in [3.05, 3.63) is 27.7 Å². The van der Waals surface area contributed by atoms with Gasteiger partial charge in [0, 0.05) is 19.6 Å². The predicted molar refractivity (Wildman–Crippen MR) is 74.0 cm³/mol. The van der Waals surface area contributed by atoms with Crippen LogP contribution >= 0.6 is 23.2 Å². The maximum absolute atomic E-state index is 10.6. The summed E-state index contributed by atoms with van der Waals surface area (Å²) in [6.07, 6.45) is 1.71. The van der Waals surface area contributed by atoms with Gasteiger partial charge in [0.25, 0.3) is 0 Å². The fourth-order valence-corrected chi connectivity index (χ4v) is 2.39. The van der Waals surface area contributed by atoms with Gasteiger partial charge in [0.2, 0.25) is 6.29 Å². The Labute approximate surface area is 122 Å². The molecule has 0 bridgehead atoms. The Morgan fingerprint density at radius 1 is 1.26 bits per heavy atom. The quantitative estimate of drug-likeness (QED) is 0.835. The fraction of sp³-hybridized carbons (Fsp3) is 0.462. The molecule has 1 aliphatic rings. The second kappa shape index (κ2) is 7.10. The van der Waals surface area contributed by atoms with E-state index in [0.717, 1.165) is 32.8 Å². The molecule has 2 rings (SSSR count). The van der Waals surface area contributed by atoms with E-state index in [1.165, 1.54) is 0 Å². The molecule has 0 spiro atoms. The zero-order valence-corrected chi connectivity index (χ0v) is 11.8. The van der Waals surface area contributed by atoms with Crippen LogP contribution in [0.25, 0.3) is 0 Å². The first kappa shape index (κ1) is 14.6. The number of morpholine rings is 1. The van der Waals surface area contributed by atoms with Crippen LogP contribution < -0.4 is 4.74 Å². The molecule has 0 amide bonds. The van der Waals surface area contributed by atoms with Gasteiger partial charge in [0.05, 0.1) is 28.8 Å². The van der Waals surface area contributed by atoms with Gasteiger partial charge < -0.3 is 9.47 Å². The fourth-order valence-electron chi connectivity index (χ4n) is 1.85. The summed E-state index contributed by atoms with van der Waals surface area (Å²) in [6, 6.07) is 3.15. The van der Waals surface area contributed by atoms with Gasteiger partial charge >= 0.3 is 0 Å². The van der Waals surface area contributed by atoms with Crippen molar-refractivity contribution in [1.29, 1.82) is 0 Å². The summed E-state index contributed by atoms with van der Waals surface area (Å²) in [5, 5.41) is 0.507. The summed E-state index contributed by atoms with van der Waals surface area (Å²) in [5.41, 5.74) is 0.170. The lowest BCUT2D eigenvalue weighted by molar-refractivity contribution is 0.0322. The third-order valence-corrected chi connectivity index (χ3v) is 3.49. The number of nitrogens with zero attached hydrogens (tertiary/aromatic N) is 1. The van der Waals surface area contributed by atoms with Gasteiger partial charge in [-0.15, -0.1) is 0 Å². The second-order valence-corrected chi connectivity index (χ2v) is 4.98. The van der Waals surface area contributed by atoms with E-state index >= 15 is 0 Å².